The fourth-order valence-corrected chi connectivity index (χ4v) is 1.22. The van der Waals surface area contributed by atoms with Gasteiger partial charge < -0.3 is 10.5 Å². The van der Waals surface area contributed by atoms with Gasteiger partial charge in [0.15, 0.2) is 0 Å². The second-order valence-electron chi connectivity index (χ2n) is 2.59. The Bertz CT molecular complexity index is 377. The minimum absolute atomic E-state index is 0.665. The Morgan fingerprint density at radius 3 is 2.79 bits per heavy atom. The fraction of sp³-hybridized carbons (Fsp3) is 0. The number of anilines is 1. The summed E-state index contributed by atoms with van der Waals surface area (Å²) in [6.45, 7) is 0. The van der Waals surface area contributed by atoms with Crippen molar-refractivity contribution in [2.45, 2.75) is 4.90 Å². The lowest BCUT2D eigenvalue weighted by molar-refractivity contribution is -0.131. The Labute approximate surface area is 86.8 Å². The molecule has 14 heavy (non-hydrogen) atoms. The molecule has 0 aliphatic carbocycles. The Balaban J connectivity index is 2.94. The zero-order valence-electron chi connectivity index (χ0n) is 7.27. The molecule has 0 amide bonds. The zero-order valence-corrected chi connectivity index (χ0v) is 8.16. The maximum Gasteiger partial charge on any atom is 0.328 e. The average molecular weight is 210 g/mol. The van der Waals surface area contributed by atoms with Crippen molar-refractivity contribution in [1.82, 2.24) is 0 Å². The highest BCUT2D eigenvalue weighted by molar-refractivity contribution is 7.80. The van der Waals surface area contributed by atoms with E-state index in [-0.39, 0.29) is 0 Å². The average Bonchev–Trinajstić information content (AvgIpc) is 2.15. The number of hydrogen-bond donors (Lipinski definition) is 4. The fourth-order valence-electron chi connectivity index (χ4n) is 0.935. The summed E-state index contributed by atoms with van der Waals surface area (Å²) < 4.78 is 0. The summed E-state index contributed by atoms with van der Waals surface area (Å²) in [5, 5.41) is 8.42. The van der Waals surface area contributed by atoms with Gasteiger partial charge in [0.2, 0.25) is 0 Å². The molecule has 4 nitrogen and oxygen atoms in total. The largest absolute Gasteiger partial charge is 0.478 e. The van der Waals surface area contributed by atoms with Crippen molar-refractivity contribution < 1.29 is 9.90 Å². The summed E-state index contributed by atoms with van der Waals surface area (Å²) in [4.78, 5) is 10.9. The number of hydrazine groups is 1. The number of aliphatic carboxylic acids is 1. The summed E-state index contributed by atoms with van der Waals surface area (Å²) >= 11 is 4.18. The molecule has 0 atom stereocenters. The summed E-state index contributed by atoms with van der Waals surface area (Å²) in [6.07, 6.45) is 2.54. The van der Waals surface area contributed by atoms with E-state index >= 15 is 0 Å². The maximum absolute atomic E-state index is 10.3. The molecule has 0 spiro atoms. The van der Waals surface area contributed by atoms with Crippen molar-refractivity contribution in [1.29, 1.82) is 0 Å². The topological polar surface area (TPSA) is 75.3 Å². The minimum Gasteiger partial charge on any atom is -0.478 e. The SMILES string of the molecule is NNc1ccc(/C=C/C(=O)O)c(S)c1. The van der Waals surface area contributed by atoms with E-state index < -0.39 is 5.97 Å². The van der Waals surface area contributed by atoms with Gasteiger partial charge >= 0.3 is 5.97 Å². The number of nitrogens with one attached hydrogen (secondary N) is 1. The molecule has 1 rings (SSSR count). The number of nitrogens with two attached hydrogens (primary N) is 1. The van der Waals surface area contributed by atoms with E-state index in [0.717, 1.165) is 17.3 Å². The molecule has 0 fully saturated rings. The third-order valence-electron chi connectivity index (χ3n) is 1.60. The van der Waals surface area contributed by atoms with Crippen LogP contribution in [0.1, 0.15) is 5.56 Å². The molecule has 0 bridgehead atoms. The van der Waals surface area contributed by atoms with Gasteiger partial charge in [-0.15, -0.1) is 12.6 Å². The second-order valence-corrected chi connectivity index (χ2v) is 3.07. The standard InChI is InChI=1S/C9H10N2O2S/c10-11-7-3-1-6(8(14)5-7)2-4-9(12)13/h1-5,11,14H,10H2,(H,12,13)/b4-2+. The van der Waals surface area contributed by atoms with Crippen LogP contribution in [0.25, 0.3) is 6.08 Å². The van der Waals surface area contributed by atoms with Gasteiger partial charge in [-0.1, -0.05) is 6.07 Å². The molecule has 0 saturated carbocycles. The van der Waals surface area contributed by atoms with Crippen molar-refractivity contribution in [3.8, 4) is 0 Å². The van der Waals surface area contributed by atoms with Gasteiger partial charge in [-0.05, 0) is 23.8 Å². The quantitative estimate of drug-likeness (QED) is 0.263. The number of carboxylic acid groups (broad SMARTS) is 1. The van der Waals surface area contributed by atoms with E-state index in [9.17, 15) is 4.79 Å². The third kappa shape index (κ3) is 2.79. The molecule has 0 saturated heterocycles. The van der Waals surface area contributed by atoms with Crippen LogP contribution in [0.3, 0.4) is 0 Å². The molecule has 74 valence electrons. The summed E-state index contributed by atoms with van der Waals surface area (Å²) in [7, 11) is 0. The van der Waals surface area contributed by atoms with Crippen LogP contribution < -0.4 is 11.3 Å². The van der Waals surface area contributed by atoms with Crippen LogP contribution in [-0.4, -0.2) is 11.1 Å². The molecule has 0 unspecified atom stereocenters. The Morgan fingerprint density at radius 1 is 1.57 bits per heavy atom. The number of hydrogen-bond acceptors (Lipinski definition) is 4. The van der Waals surface area contributed by atoms with Crippen molar-refractivity contribution >= 4 is 30.4 Å². The van der Waals surface area contributed by atoms with Crippen LogP contribution in [0.15, 0.2) is 29.2 Å². The minimum atomic E-state index is -0.987. The van der Waals surface area contributed by atoms with Crippen LogP contribution in [0.2, 0.25) is 0 Å². The predicted molar refractivity (Wildman–Crippen MR) is 58.2 cm³/mol. The number of carbonyl (C=O) groups is 1. The molecule has 0 heterocycles. The first kappa shape index (κ1) is 10.6. The van der Waals surface area contributed by atoms with Crippen molar-refractivity contribution in [2.75, 3.05) is 5.43 Å². The Morgan fingerprint density at radius 2 is 2.29 bits per heavy atom. The number of thiol groups is 1. The number of benzene rings is 1. The molecular weight excluding hydrogens is 200 g/mol. The molecule has 0 aliphatic heterocycles. The van der Waals surface area contributed by atoms with Crippen molar-refractivity contribution in [2.24, 2.45) is 5.84 Å². The highest BCUT2D eigenvalue weighted by Crippen LogP contribution is 2.19. The highest BCUT2D eigenvalue weighted by Gasteiger charge is 1.97. The first-order valence-electron chi connectivity index (χ1n) is 3.84. The first-order chi connectivity index (χ1) is 6.63. The molecule has 1 aromatic carbocycles. The van der Waals surface area contributed by atoms with Gasteiger partial charge in [0.25, 0.3) is 0 Å². The third-order valence-corrected chi connectivity index (χ3v) is 1.99. The Kier molecular flexibility index (Phi) is 3.55. The molecule has 1 aromatic rings. The van der Waals surface area contributed by atoms with Crippen LogP contribution in [0.5, 0.6) is 0 Å². The van der Waals surface area contributed by atoms with E-state index in [1.165, 1.54) is 6.08 Å². The molecular formula is C9H10N2O2S. The van der Waals surface area contributed by atoms with Gasteiger partial charge in [0, 0.05) is 16.7 Å². The van der Waals surface area contributed by atoms with E-state index in [4.69, 9.17) is 10.9 Å². The smallest absolute Gasteiger partial charge is 0.328 e. The second kappa shape index (κ2) is 4.69. The van der Waals surface area contributed by atoms with Crippen LogP contribution in [-0.2, 0) is 4.79 Å². The van der Waals surface area contributed by atoms with Gasteiger partial charge in [0.05, 0.1) is 0 Å². The molecule has 0 aliphatic rings. The lowest BCUT2D eigenvalue weighted by Gasteiger charge is -2.03. The zero-order chi connectivity index (χ0) is 10.6. The predicted octanol–water partition coefficient (Wildman–Crippen LogP) is 1.36. The summed E-state index contributed by atoms with van der Waals surface area (Å²) in [5.74, 6) is 4.21. The number of nitrogen functional groups attached to an aromatic ring is 1. The van der Waals surface area contributed by atoms with Crippen LogP contribution >= 0.6 is 12.6 Å². The summed E-state index contributed by atoms with van der Waals surface area (Å²) in [5.41, 5.74) is 3.93. The van der Waals surface area contributed by atoms with E-state index in [0.29, 0.717) is 4.90 Å². The van der Waals surface area contributed by atoms with E-state index in [1.807, 2.05) is 0 Å². The van der Waals surface area contributed by atoms with Gasteiger partial charge in [-0.3, -0.25) is 5.84 Å². The normalized spacial score (nSPS) is 10.4. The maximum atomic E-state index is 10.3. The van der Waals surface area contributed by atoms with Crippen molar-refractivity contribution in [3.63, 3.8) is 0 Å². The molecule has 0 aromatic heterocycles. The molecule has 5 heteroatoms. The van der Waals surface area contributed by atoms with Crippen LogP contribution in [0, 0.1) is 0 Å². The Hall–Kier alpha value is -1.46. The van der Waals surface area contributed by atoms with Crippen LogP contribution in [0.4, 0.5) is 5.69 Å². The number of carboxylic acids is 1. The number of rotatable bonds is 3. The molecule has 4 N–H and O–H groups in total. The first-order valence-corrected chi connectivity index (χ1v) is 4.29. The van der Waals surface area contributed by atoms with Gasteiger partial charge in [0.1, 0.15) is 0 Å². The van der Waals surface area contributed by atoms with Gasteiger partial charge in [-0.25, -0.2) is 4.79 Å². The lowest BCUT2D eigenvalue weighted by Crippen LogP contribution is -2.06. The van der Waals surface area contributed by atoms with E-state index in [1.54, 1.807) is 18.2 Å². The summed E-state index contributed by atoms with van der Waals surface area (Å²) in [6, 6.07) is 5.18. The molecule has 0 radical (unpaired) electrons. The van der Waals surface area contributed by atoms with E-state index in [2.05, 4.69) is 18.1 Å². The highest BCUT2D eigenvalue weighted by atomic mass is 32.1. The van der Waals surface area contributed by atoms with Crippen molar-refractivity contribution in [3.05, 3.63) is 29.8 Å². The monoisotopic (exact) mass is 210 g/mol. The lowest BCUT2D eigenvalue weighted by atomic mass is 10.2. The van der Waals surface area contributed by atoms with Gasteiger partial charge in [-0.2, -0.15) is 0 Å².